The molecule has 3 aromatic rings. The fourth-order valence-corrected chi connectivity index (χ4v) is 4.22. The summed E-state index contributed by atoms with van der Waals surface area (Å²) < 4.78 is 5.39. The van der Waals surface area contributed by atoms with Crippen molar-refractivity contribution in [3.8, 4) is 0 Å². The van der Waals surface area contributed by atoms with E-state index < -0.39 is 11.9 Å². The Labute approximate surface area is 190 Å². The minimum atomic E-state index is -0.720. The van der Waals surface area contributed by atoms with Crippen LogP contribution in [-0.4, -0.2) is 27.2 Å². The van der Waals surface area contributed by atoms with Crippen LogP contribution in [0.25, 0.3) is 0 Å². The number of carbonyl (C=O) groups is 2. The van der Waals surface area contributed by atoms with Crippen LogP contribution < -0.4 is 10.6 Å². The zero-order chi connectivity index (χ0) is 22.5. The zero-order valence-electron chi connectivity index (χ0n) is 17.3. The van der Waals surface area contributed by atoms with Crippen molar-refractivity contribution in [3.05, 3.63) is 65.0 Å². The molecule has 0 radical (unpaired) electrons. The summed E-state index contributed by atoms with van der Waals surface area (Å²) in [5.41, 5.74) is 2.49. The highest BCUT2D eigenvalue weighted by molar-refractivity contribution is 6.30. The van der Waals surface area contributed by atoms with Gasteiger partial charge in [0.15, 0.2) is 0 Å². The summed E-state index contributed by atoms with van der Waals surface area (Å²) in [6.07, 6.45) is 4.07. The molecular formula is C23H23ClN4O4. The molecule has 0 atom stereocenters. The van der Waals surface area contributed by atoms with E-state index in [1.807, 2.05) is 24.3 Å². The number of hydrogen-bond acceptors (Lipinski definition) is 6. The molecule has 1 aliphatic rings. The van der Waals surface area contributed by atoms with Gasteiger partial charge in [-0.15, -0.1) is 5.10 Å². The molecule has 166 valence electrons. The quantitative estimate of drug-likeness (QED) is 0.433. The maximum absolute atomic E-state index is 12.4. The topological polar surface area (TPSA) is 117 Å². The predicted molar refractivity (Wildman–Crippen MR) is 120 cm³/mol. The number of anilines is 3. The van der Waals surface area contributed by atoms with Crippen LogP contribution in [0.1, 0.15) is 54.3 Å². The van der Waals surface area contributed by atoms with Crippen molar-refractivity contribution in [2.45, 2.75) is 38.0 Å². The molecule has 8 nitrogen and oxygen atoms in total. The molecule has 1 fully saturated rings. The third-order valence-electron chi connectivity index (χ3n) is 5.65. The van der Waals surface area contributed by atoms with Crippen LogP contribution in [-0.2, 0) is 4.79 Å². The minimum Gasteiger partial charge on any atom is -0.481 e. The number of carbonyl (C=O) groups excluding carboxylic acids is 1. The first-order valence-electron chi connectivity index (χ1n) is 10.5. The van der Waals surface area contributed by atoms with Gasteiger partial charge in [0.1, 0.15) is 0 Å². The highest BCUT2D eigenvalue weighted by Crippen LogP contribution is 2.37. The number of benzene rings is 2. The fraction of sp³-hybridized carbons (Fsp3) is 0.304. The molecule has 3 N–H and O–H groups in total. The number of nitrogens with zero attached hydrogens (tertiary/aromatic N) is 2. The number of aromatic nitrogens is 2. The summed E-state index contributed by atoms with van der Waals surface area (Å²) in [6, 6.07) is 14.8. The molecule has 32 heavy (non-hydrogen) atoms. The van der Waals surface area contributed by atoms with Crippen LogP contribution in [0, 0.1) is 5.92 Å². The highest BCUT2D eigenvalue weighted by atomic mass is 35.5. The molecule has 4 rings (SSSR count). The first-order valence-corrected chi connectivity index (χ1v) is 10.8. The Morgan fingerprint density at radius 1 is 1.03 bits per heavy atom. The Balaban J connectivity index is 1.31. The summed E-state index contributed by atoms with van der Waals surface area (Å²) in [6.45, 7) is 0. The van der Waals surface area contributed by atoms with E-state index in [0.29, 0.717) is 22.3 Å². The van der Waals surface area contributed by atoms with E-state index >= 15 is 0 Å². The van der Waals surface area contributed by atoms with Crippen LogP contribution in [0.5, 0.6) is 0 Å². The number of carboxylic acid groups (broad SMARTS) is 1. The lowest BCUT2D eigenvalue weighted by atomic mass is 9.77. The number of halogens is 1. The van der Waals surface area contributed by atoms with Gasteiger partial charge in [-0.2, -0.15) is 0 Å². The van der Waals surface area contributed by atoms with E-state index in [4.69, 9.17) is 21.1 Å². The normalized spacial score (nSPS) is 18.2. The van der Waals surface area contributed by atoms with Crippen LogP contribution >= 0.6 is 11.6 Å². The van der Waals surface area contributed by atoms with Crippen molar-refractivity contribution >= 4 is 40.9 Å². The fourth-order valence-electron chi connectivity index (χ4n) is 4.03. The van der Waals surface area contributed by atoms with Crippen molar-refractivity contribution in [2.75, 3.05) is 10.6 Å². The predicted octanol–water partition coefficient (Wildman–Crippen LogP) is 5.47. The first kappa shape index (κ1) is 21.8. The highest BCUT2D eigenvalue weighted by Gasteiger charge is 2.24. The Morgan fingerprint density at radius 3 is 2.47 bits per heavy atom. The molecule has 1 amide bonds. The second-order valence-electron chi connectivity index (χ2n) is 7.94. The molecule has 2 aromatic carbocycles. The van der Waals surface area contributed by atoms with Gasteiger partial charge in [-0.25, -0.2) is 0 Å². The van der Waals surface area contributed by atoms with Crippen molar-refractivity contribution in [1.82, 2.24) is 10.2 Å². The number of nitrogens with one attached hydrogen (secondary N) is 2. The van der Waals surface area contributed by atoms with Crippen LogP contribution in [0.15, 0.2) is 52.9 Å². The average molecular weight is 455 g/mol. The molecule has 1 aromatic heterocycles. The van der Waals surface area contributed by atoms with Crippen LogP contribution in [0.3, 0.4) is 0 Å². The molecule has 0 aliphatic heterocycles. The Kier molecular flexibility index (Phi) is 6.70. The second-order valence-corrected chi connectivity index (χ2v) is 8.38. The number of aliphatic carboxylic acids is 1. The van der Waals surface area contributed by atoms with Crippen LogP contribution in [0.4, 0.5) is 17.4 Å². The first-order chi connectivity index (χ1) is 15.5. The summed E-state index contributed by atoms with van der Waals surface area (Å²) in [4.78, 5) is 23.3. The summed E-state index contributed by atoms with van der Waals surface area (Å²) in [5.74, 6) is -0.688. The summed E-state index contributed by atoms with van der Waals surface area (Å²) >= 11 is 5.95. The summed E-state index contributed by atoms with van der Waals surface area (Å²) in [7, 11) is 0. The smallest absolute Gasteiger partial charge is 0.320 e. The monoisotopic (exact) mass is 454 g/mol. The minimum absolute atomic E-state index is 0.0891. The van der Waals surface area contributed by atoms with Crippen molar-refractivity contribution in [1.29, 1.82) is 0 Å². The standard InChI is InChI=1S/C23H23ClN4O4/c24-17-2-1-3-19(13-17)26-23-28-27-22(32-23)21(31)25-18-10-8-16(9-11-18)15-6-4-14(5-7-15)12-20(29)30/h1-3,8-11,13-15H,4-7,12H2,(H,25,31)(H,26,28)(H,29,30). The lowest BCUT2D eigenvalue weighted by Gasteiger charge is -2.28. The molecular weight excluding hydrogens is 432 g/mol. The Bertz CT molecular complexity index is 1090. The Hall–Kier alpha value is -3.39. The van der Waals surface area contributed by atoms with E-state index in [1.165, 1.54) is 5.56 Å². The number of carboxylic acids is 1. The van der Waals surface area contributed by atoms with Crippen molar-refractivity contribution in [2.24, 2.45) is 5.92 Å². The van der Waals surface area contributed by atoms with E-state index in [9.17, 15) is 9.59 Å². The van der Waals surface area contributed by atoms with Gasteiger partial charge >= 0.3 is 23.8 Å². The Morgan fingerprint density at radius 2 is 1.78 bits per heavy atom. The maximum atomic E-state index is 12.4. The van der Waals surface area contributed by atoms with Gasteiger partial charge in [-0.05, 0) is 73.4 Å². The lowest BCUT2D eigenvalue weighted by Crippen LogP contribution is -2.16. The average Bonchev–Trinajstić information content (AvgIpc) is 3.23. The third kappa shape index (κ3) is 5.64. The van der Waals surface area contributed by atoms with Gasteiger partial charge in [0, 0.05) is 22.8 Å². The van der Waals surface area contributed by atoms with Gasteiger partial charge in [0.05, 0.1) is 0 Å². The molecule has 0 saturated heterocycles. The van der Waals surface area contributed by atoms with E-state index in [-0.39, 0.29) is 24.2 Å². The number of amides is 1. The van der Waals surface area contributed by atoms with Gasteiger partial charge < -0.3 is 20.2 Å². The van der Waals surface area contributed by atoms with Gasteiger partial charge in [0.25, 0.3) is 0 Å². The van der Waals surface area contributed by atoms with Crippen molar-refractivity contribution in [3.63, 3.8) is 0 Å². The summed E-state index contributed by atoms with van der Waals surface area (Å²) in [5, 5.41) is 22.8. The SMILES string of the molecule is O=C(O)CC1CCC(c2ccc(NC(=O)c3nnc(Nc4cccc(Cl)c4)o3)cc2)CC1. The zero-order valence-corrected chi connectivity index (χ0v) is 18.0. The lowest BCUT2D eigenvalue weighted by molar-refractivity contribution is -0.138. The van der Waals surface area contributed by atoms with Gasteiger partial charge in [-0.3, -0.25) is 9.59 Å². The molecule has 0 unspecified atom stereocenters. The number of hydrogen-bond donors (Lipinski definition) is 3. The van der Waals surface area contributed by atoms with E-state index in [0.717, 1.165) is 25.7 Å². The van der Waals surface area contributed by atoms with E-state index in [2.05, 4.69) is 20.8 Å². The second kappa shape index (κ2) is 9.82. The molecule has 1 heterocycles. The third-order valence-corrected chi connectivity index (χ3v) is 5.88. The van der Waals surface area contributed by atoms with Gasteiger partial charge in [0.2, 0.25) is 0 Å². The largest absolute Gasteiger partial charge is 0.481 e. The molecule has 1 saturated carbocycles. The van der Waals surface area contributed by atoms with Crippen molar-refractivity contribution < 1.29 is 19.1 Å². The molecule has 0 spiro atoms. The molecule has 1 aliphatic carbocycles. The van der Waals surface area contributed by atoms with Crippen LogP contribution in [0.2, 0.25) is 5.02 Å². The molecule has 9 heteroatoms. The number of rotatable bonds is 7. The van der Waals surface area contributed by atoms with Gasteiger partial charge in [-0.1, -0.05) is 34.9 Å². The maximum Gasteiger partial charge on any atom is 0.320 e. The van der Waals surface area contributed by atoms with E-state index in [1.54, 1.807) is 24.3 Å². The molecule has 0 bridgehead atoms.